The number of hydrogen-bond donors (Lipinski definition) is 0. The molecule has 0 aliphatic carbocycles. The van der Waals surface area contributed by atoms with E-state index in [4.69, 9.17) is 9.47 Å². The van der Waals surface area contributed by atoms with Crippen LogP contribution in [0.2, 0.25) is 0 Å². The molecule has 2 aromatic carbocycles. The molecule has 164 valence electrons. The number of fused-ring (bicyclic) bond motifs is 3. The molecular weight excluding hydrogens is 408 g/mol. The van der Waals surface area contributed by atoms with Crippen LogP contribution >= 0.6 is 0 Å². The molecule has 3 fully saturated rings. The van der Waals surface area contributed by atoms with Gasteiger partial charge in [-0.1, -0.05) is 36.4 Å². The highest BCUT2D eigenvalue weighted by Crippen LogP contribution is 2.33. The summed E-state index contributed by atoms with van der Waals surface area (Å²) in [4.78, 5) is 22.3. The van der Waals surface area contributed by atoms with Crippen LogP contribution in [0.1, 0.15) is 18.4 Å². The number of nitrogens with zero attached hydrogens (tertiary/aromatic N) is 4. The number of aromatic nitrogens is 2. The zero-order valence-corrected chi connectivity index (χ0v) is 17.6. The molecule has 1 atom stereocenters. The maximum absolute atomic E-state index is 11.6. The summed E-state index contributed by atoms with van der Waals surface area (Å²) in [6.07, 6.45) is 5.74. The molecule has 3 aliphatic rings. The third-order valence-corrected chi connectivity index (χ3v) is 6.21. The lowest BCUT2D eigenvalue weighted by atomic mass is 9.86. The van der Waals surface area contributed by atoms with Gasteiger partial charge in [0.15, 0.2) is 5.75 Å². The van der Waals surface area contributed by atoms with Gasteiger partial charge in [-0.15, -0.1) is 0 Å². The zero-order chi connectivity index (χ0) is 21.9. The van der Waals surface area contributed by atoms with Gasteiger partial charge in [0.25, 0.3) is 0 Å². The van der Waals surface area contributed by atoms with Crippen LogP contribution < -0.4 is 9.47 Å². The molecule has 1 aromatic heterocycles. The second kappa shape index (κ2) is 8.92. The van der Waals surface area contributed by atoms with Gasteiger partial charge in [-0.3, -0.25) is 15.0 Å². The first-order valence-electron chi connectivity index (χ1n) is 10.8. The van der Waals surface area contributed by atoms with Gasteiger partial charge in [0.2, 0.25) is 0 Å². The minimum atomic E-state index is -0.435. The minimum Gasteiger partial charge on any atom is -0.482 e. The molecule has 4 heterocycles. The number of nitro benzene ring substituents is 1. The molecule has 8 heteroatoms. The van der Waals surface area contributed by atoms with Gasteiger partial charge in [-0.2, -0.15) is 0 Å². The Kier molecular flexibility index (Phi) is 5.68. The molecule has 8 nitrogen and oxygen atoms in total. The van der Waals surface area contributed by atoms with Crippen molar-refractivity contribution in [1.82, 2.24) is 14.9 Å². The Morgan fingerprint density at radius 1 is 1.03 bits per heavy atom. The van der Waals surface area contributed by atoms with Crippen molar-refractivity contribution in [3.63, 3.8) is 0 Å². The van der Waals surface area contributed by atoms with Crippen molar-refractivity contribution in [3.8, 4) is 22.9 Å². The van der Waals surface area contributed by atoms with E-state index in [9.17, 15) is 10.1 Å². The molecular formula is C24H24N4O4. The molecule has 0 spiro atoms. The van der Waals surface area contributed by atoms with E-state index in [1.54, 1.807) is 24.5 Å². The fraction of sp³-hybridized carbons (Fsp3) is 0.333. The second-order valence-corrected chi connectivity index (χ2v) is 8.26. The Morgan fingerprint density at radius 2 is 1.78 bits per heavy atom. The first kappa shape index (κ1) is 20.4. The van der Waals surface area contributed by atoms with Crippen LogP contribution in [0.15, 0.2) is 60.9 Å². The van der Waals surface area contributed by atoms with Crippen molar-refractivity contribution in [2.75, 3.05) is 19.6 Å². The highest BCUT2D eigenvalue weighted by Gasteiger charge is 2.36. The summed E-state index contributed by atoms with van der Waals surface area (Å²) < 4.78 is 11.7. The molecule has 2 bridgehead atoms. The Balaban J connectivity index is 1.29. The summed E-state index contributed by atoms with van der Waals surface area (Å²) in [5, 5.41) is 11.6. The zero-order valence-electron chi connectivity index (χ0n) is 17.6. The van der Waals surface area contributed by atoms with Gasteiger partial charge in [0.1, 0.15) is 12.7 Å². The monoisotopic (exact) mass is 432 g/mol. The fourth-order valence-corrected chi connectivity index (χ4v) is 4.40. The maximum atomic E-state index is 11.6. The largest absolute Gasteiger partial charge is 0.482 e. The summed E-state index contributed by atoms with van der Waals surface area (Å²) >= 11 is 0. The van der Waals surface area contributed by atoms with E-state index >= 15 is 0 Å². The van der Waals surface area contributed by atoms with E-state index in [1.807, 2.05) is 30.3 Å². The quantitative estimate of drug-likeness (QED) is 0.410. The Bertz CT molecular complexity index is 1080. The van der Waals surface area contributed by atoms with Crippen molar-refractivity contribution >= 4 is 5.69 Å². The molecule has 1 unspecified atom stereocenters. The topological polar surface area (TPSA) is 90.6 Å². The van der Waals surface area contributed by atoms with E-state index in [0.717, 1.165) is 38.0 Å². The predicted octanol–water partition coefficient (Wildman–Crippen LogP) is 4.10. The van der Waals surface area contributed by atoms with E-state index in [2.05, 4.69) is 14.9 Å². The van der Waals surface area contributed by atoms with Crippen LogP contribution in [0.5, 0.6) is 11.8 Å². The van der Waals surface area contributed by atoms with Crippen LogP contribution in [0.3, 0.4) is 0 Å². The van der Waals surface area contributed by atoms with Crippen molar-refractivity contribution in [3.05, 3.63) is 76.6 Å². The first-order valence-corrected chi connectivity index (χ1v) is 10.8. The van der Waals surface area contributed by atoms with E-state index < -0.39 is 4.92 Å². The molecule has 0 N–H and O–H groups in total. The number of benzene rings is 2. The van der Waals surface area contributed by atoms with Gasteiger partial charge in [-0.25, -0.2) is 9.97 Å². The summed E-state index contributed by atoms with van der Waals surface area (Å²) in [7, 11) is 0. The Labute approximate surface area is 186 Å². The fourth-order valence-electron chi connectivity index (χ4n) is 4.40. The van der Waals surface area contributed by atoms with Crippen LogP contribution in [0, 0.1) is 16.0 Å². The molecule has 3 aromatic rings. The van der Waals surface area contributed by atoms with Crippen molar-refractivity contribution in [1.29, 1.82) is 0 Å². The van der Waals surface area contributed by atoms with Gasteiger partial charge >= 0.3 is 11.7 Å². The van der Waals surface area contributed by atoms with Gasteiger partial charge in [0, 0.05) is 30.6 Å². The molecule has 0 amide bonds. The van der Waals surface area contributed by atoms with Gasteiger partial charge in [-0.05, 0) is 49.0 Å². The standard InChI is InChI=1S/C24H24N4O4/c29-28(30)21-12-19(6-7-22(21)31-16-17-4-2-1-3-5-17)20-13-25-24(26-14-20)32-23-15-27-10-8-18(23)9-11-27/h1-7,12-14,18,23H,8-11,15-16H2. The van der Waals surface area contributed by atoms with Crippen LogP contribution in [0.4, 0.5) is 5.69 Å². The molecule has 0 radical (unpaired) electrons. The predicted molar refractivity (Wildman–Crippen MR) is 118 cm³/mol. The highest BCUT2D eigenvalue weighted by molar-refractivity contribution is 5.67. The Hall–Kier alpha value is -3.52. The highest BCUT2D eigenvalue weighted by atomic mass is 16.6. The van der Waals surface area contributed by atoms with Gasteiger partial charge < -0.3 is 9.47 Å². The summed E-state index contributed by atoms with van der Waals surface area (Å²) in [6, 6.07) is 14.8. The van der Waals surface area contributed by atoms with Crippen LogP contribution in [0.25, 0.3) is 11.1 Å². The third-order valence-electron chi connectivity index (χ3n) is 6.21. The average molecular weight is 432 g/mol. The van der Waals surface area contributed by atoms with E-state index in [0.29, 0.717) is 23.1 Å². The third kappa shape index (κ3) is 4.40. The summed E-state index contributed by atoms with van der Waals surface area (Å²) in [5.41, 5.74) is 2.19. The normalized spacial score (nSPS) is 21.8. The summed E-state index contributed by atoms with van der Waals surface area (Å²) in [5.74, 6) is 0.792. The first-order chi connectivity index (χ1) is 15.7. The number of nitro groups is 1. The van der Waals surface area contributed by atoms with Gasteiger partial charge in [0.05, 0.1) is 4.92 Å². The Morgan fingerprint density at radius 3 is 2.44 bits per heavy atom. The lowest BCUT2D eigenvalue weighted by molar-refractivity contribution is -0.385. The van der Waals surface area contributed by atoms with E-state index in [1.165, 1.54) is 6.07 Å². The minimum absolute atomic E-state index is 0.0916. The molecule has 3 saturated heterocycles. The van der Waals surface area contributed by atoms with Crippen LogP contribution in [-0.2, 0) is 6.61 Å². The van der Waals surface area contributed by atoms with Crippen molar-refractivity contribution in [2.45, 2.75) is 25.6 Å². The number of rotatable bonds is 7. The lowest BCUT2D eigenvalue weighted by Crippen LogP contribution is -2.52. The van der Waals surface area contributed by atoms with Crippen molar-refractivity contribution in [2.24, 2.45) is 5.92 Å². The molecule has 3 aliphatic heterocycles. The van der Waals surface area contributed by atoms with Crippen molar-refractivity contribution < 1.29 is 14.4 Å². The second-order valence-electron chi connectivity index (χ2n) is 8.26. The summed E-state index contributed by atoms with van der Waals surface area (Å²) in [6.45, 7) is 3.48. The average Bonchev–Trinajstić information content (AvgIpc) is 2.84. The van der Waals surface area contributed by atoms with Crippen LogP contribution in [-0.4, -0.2) is 45.5 Å². The lowest BCUT2D eigenvalue weighted by Gasteiger charge is -2.43. The smallest absolute Gasteiger partial charge is 0.316 e. The number of hydrogen-bond acceptors (Lipinski definition) is 7. The number of ether oxygens (including phenoxy) is 2. The molecule has 32 heavy (non-hydrogen) atoms. The SMILES string of the molecule is O=[N+]([O-])c1cc(-c2cnc(OC3CN4CCC3CC4)nc2)ccc1OCc1ccccc1. The maximum Gasteiger partial charge on any atom is 0.316 e. The van der Waals surface area contributed by atoms with E-state index in [-0.39, 0.29) is 24.1 Å². The number of piperidine rings is 3. The molecule has 0 saturated carbocycles. The molecule has 6 rings (SSSR count).